The SMILES string of the molecule is COCCN(C)CCNc1ccc(C#N)c(F)c1F. The number of likely N-dealkylation sites (N-methyl/N-ethyl adjacent to an activating group) is 1. The number of ether oxygens (including phenoxy) is 1. The second kappa shape index (κ2) is 7.67. The molecule has 0 saturated heterocycles. The van der Waals surface area contributed by atoms with Crippen LogP contribution in [0.4, 0.5) is 14.5 Å². The van der Waals surface area contributed by atoms with Crippen LogP contribution in [0, 0.1) is 23.0 Å². The zero-order valence-electron chi connectivity index (χ0n) is 11.0. The van der Waals surface area contributed by atoms with Gasteiger partial charge in [-0.05, 0) is 19.2 Å². The number of nitriles is 1. The number of nitrogens with zero attached hydrogens (tertiary/aromatic N) is 2. The van der Waals surface area contributed by atoms with E-state index in [4.69, 9.17) is 10.00 Å². The normalized spacial score (nSPS) is 10.5. The summed E-state index contributed by atoms with van der Waals surface area (Å²) in [5.74, 6) is -2.13. The Balaban J connectivity index is 2.51. The van der Waals surface area contributed by atoms with E-state index in [0.29, 0.717) is 19.7 Å². The van der Waals surface area contributed by atoms with Crippen molar-refractivity contribution in [1.82, 2.24) is 4.90 Å². The number of hydrogen-bond acceptors (Lipinski definition) is 4. The largest absolute Gasteiger partial charge is 0.383 e. The number of rotatable bonds is 7. The first-order valence-corrected chi connectivity index (χ1v) is 5.89. The summed E-state index contributed by atoms with van der Waals surface area (Å²) >= 11 is 0. The zero-order chi connectivity index (χ0) is 14.3. The summed E-state index contributed by atoms with van der Waals surface area (Å²) in [6.45, 7) is 2.53. The van der Waals surface area contributed by atoms with Gasteiger partial charge in [0.05, 0.1) is 17.9 Å². The second-order valence-electron chi connectivity index (χ2n) is 4.12. The Morgan fingerprint density at radius 2 is 2.05 bits per heavy atom. The van der Waals surface area contributed by atoms with Crippen molar-refractivity contribution in [2.24, 2.45) is 0 Å². The van der Waals surface area contributed by atoms with Crippen LogP contribution in [-0.2, 0) is 4.74 Å². The van der Waals surface area contributed by atoms with E-state index in [-0.39, 0.29) is 11.3 Å². The van der Waals surface area contributed by atoms with E-state index in [1.165, 1.54) is 12.1 Å². The smallest absolute Gasteiger partial charge is 0.183 e. The first-order chi connectivity index (χ1) is 9.10. The van der Waals surface area contributed by atoms with Crippen LogP contribution in [0.25, 0.3) is 0 Å². The first-order valence-electron chi connectivity index (χ1n) is 5.89. The summed E-state index contributed by atoms with van der Waals surface area (Å²) in [7, 11) is 3.54. The van der Waals surface area contributed by atoms with Gasteiger partial charge in [0.1, 0.15) is 6.07 Å². The lowest BCUT2D eigenvalue weighted by Gasteiger charge is -2.17. The Labute approximate surface area is 111 Å². The molecule has 0 aromatic heterocycles. The van der Waals surface area contributed by atoms with E-state index >= 15 is 0 Å². The van der Waals surface area contributed by atoms with E-state index in [1.807, 2.05) is 11.9 Å². The van der Waals surface area contributed by atoms with Crippen LogP contribution < -0.4 is 5.32 Å². The number of hydrogen-bond donors (Lipinski definition) is 1. The summed E-state index contributed by atoms with van der Waals surface area (Å²) in [5.41, 5.74) is -0.225. The summed E-state index contributed by atoms with van der Waals surface area (Å²) in [6.07, 6.45) is 0. The van der Waals surface area contributed by atoms with Gasteiger partial charge in [0, 0.05) is 26.7 Å². The van der Waals surface area contributed by atoms with Crippen LogP contribution in [0.1, 0.15) is 5.56 Å². The average Bonchev–Trinajstić information content (AvgIpc) is 2.41. The van der Waals surface area contributed by atoms with Gasteiger partial charge in [-0.25, -0.2) is 8.78 Å². The van der Waals surface area contributed by atoms with Crippen molar-refractivity contribution in [2.75, 3.05) is 45.7 Å². The Morgan fingerprint density at radius 3 is 2.68 bits per heavy atom. The molecular formula is C13H17F2N3O. The molecule has 0 fully saturated rings. The fraction of sp³-hybridized carbons (Fsp3) is 0.462. The molecule has 0 aliphatic heterocycles. The summed E-state index contributed by atoms with van der Waals surface area (Å²) < 4.78 is 31.8. The van der Waals surface area contributed by atoms with Crippen molar-refractivity contribution in [3.8, 4) is 6.07 Å². The summed E-state index contributed by atoms with van der Waals surface area (Å²) in [6, 6.07) is 4.22. The molecule has 0 unspecified atom stereocenters. The molecule has 0 bridgehead atoms. The van der Waals surface area contributed by atoms with Crippen molar-refractivity contribution < 1.29 is 13.5 Å². The molecule has 1 aromatic carbocycles. The fourth-order valence-corrected chi connectivity index (χ4v) is 1.51. The van der Waals surface area contributed by atoms with Crippen molar-refractivity contribution in [3.05, 3.63) is 29.3 Å². The van der Waals surface area contributed by atoms with Gasteiger partial charge in [0.2, 0.25) is 0 Å². The van der Waals surface area contributed by atoms with Crippen molar-refractivity contribution >= 4 is 5.69 Å². The average molecular weight is 269 g/mol. The third kappa shape index (κ3) is 4.47. The maximum atomic E-state index is 13.6. The molecule has 1 aromatic rings. The molecule has 6 heteroatoms. The van der Waals surface area contributed by atoms with Gasteiger partial charge in [-0.1, -0.05) is 0 Å². The molecule has 1 N–H and O–H groups in total. The molecule has 0 aliphatic carbocycles. The predicted octanol–water partition coefficient (Wildman–Crippen LogP) is 1.83. The first kappa shape index (κ1) is 15.3. The number of nitrogens with one attached hydrogen (secondary N) is 1. The molecule has 0 heterocycles. The minimum atomic E-state index is -1.11. The van der Waals surface area contributed by atoms with E-state index in [2.05, 4.69) is 5.32 Å². The third-order valence-corrected chi connectivity index (χ3v) is 2.69. The summed E-state index contributed by atoms with van der Waals surface area (Å²) in [4.78, 5) is 2.01. The minimum absolute atomic E-state index is 0.0663. The van der Waals surface area contributed by atoms with Crippen LogP contribution >= 0.6 is 0 Å². The highest BCUT2D eigenvalue weighted by atomic mass is 19.2. The van der Waals surface area contributed by atoms with Gasteiger partial charge in [-0.3, -0.25) is 0 Å². The van der Waals surface area contributed by atoms with E-state index in [9.17, 15) is 8.78 Å². The molecule has 104 valence electrons. The van der Waals surface area contributed by atoms with Gasteiger partial charge < -0.3 is 15.0 Å². The number of benzene rings is 1. The van der Waals surface area contributed by atoms with Crippen LogP contribution in [0.2, 0.25) is 0 Å². The van der Waals surface area contributed by atoms with Crippen LogP contribution in [0.15, 0.2) is 12.1 Å². The third-order valence-electron chi connectivity index (χ3n) is 2.69. The Kier molecular flexibility index (Phi) is 6.19. The molecular weight excluding hydrogens is 252 g/mol. The Morgan fingerprint density at radius 1 is 1.32 bits per heavy atom. The van der Waals surface area contributed by atoms with Gasteiger partial charge in [-0.15, -0.1) is 0 Å². The van der Waals surface area contributed by atoms with Gasteiger partial charge in [0.15, 0.2) is 11.6 Å². The lowest BCUT2D eigenvalue weighted by atomic mass is 10.2. The molecule has 1 rings (SSSR count). The lowest BCUT2D eigenvalue weighted by Crippen LogP contribution is -2.28. The number of halogens is 2. The van der Waals surface area contributed by atoms with Crippen molar-refractivity contribution in [2.45, 2.75) is 0 Å². The number of anilines is 1. The van der Waals surface area contributed by atoms with Gasteiger partial charge in [-0.2, -0.15) is 5.26 Å². The highest BCUT2D eigenvalue weighted by molar-refractivity contribution is 5.49. The molecule has 0 spiro atoms. The standard InChI is InChI=1S/C13H17F2N3O/c1-18(7-8-19-2)6-5-17-11-4-3-10(9-16)12(14)13(11)15/h3-4,17H,5-8H2,1-2H3. The molecule has 4 nitrogen and oxygen atoms in total. The predicted molar refractivity (Wildman–Crippen MR) is 68.9 cm³/mol. The zero-order valence-corrected chi connectivity index (χ0v) is 11.0. The van der Waals surface area contributed by atoms with Crippen LogP contribution in [0.5, 0.6) is 0 Å². The highest BCUT2D eigenvalue weighted by Gasteiger charge is 2.12. The second-order valence-corrected chi connectivity index (χ2v) is 4.12. The fourth-order valence-electron chi connectivity index (χ4n) is 1.51. The van der Waals surface area contributed by atoms with E-state index in [1.54, 1.807) is 13.2 Å². The Hall–Kier alpha value is -1.71. The monoisotopic (exact) mass is 269 g/mol. The molecule has 0 aliphatic rings. The maximum absolute atomic E-state index is 13.6. The maximum Gasteiger partial charge on any atom is 0.183 e. The molecule has 19 heavy (non-hydrogen) atoms. The molecule has 0 amide bonds. The van der Waals surface area contributed by atoms with E-state index < -0.39 is 11.6 Å². The summed E-state index contributed by atoms with van der Waals surface area (Å²) in [5, 5.41) is 11.4. The van der Waals surface area contributed by atoms with E-state index in [0.717, 1.165) is 6.54 Å². The van der Waals surface area contributed by atoms with Gasteiger partial charge in [0.25, 0.3) is 0 Å². The highest BCUT2D eigenvalue weighted by Crippen LogP contribution is 2.19. The lowest BCUT2D eigenvalue weighted by molar-refractivity contribution is 0.163. The van der Waals surface area contributed by atoms with Crippen molar-refractivity contribution in [1.29, 1.82) is 5.26 Å². The molecule has 0 radical (unpaired) electrons. The van der Waals surface area contributed by atoms with Crippen LogP contribution in [-0.4, -0.2) is 45.3 Å². The molecule has 0 saturated carbocycles. The molecule has 0 atom stereocenters. The van der Waals surface area contributed by atoms with Crippen LogP contribution in [0.3, 0.4) is 0 Å². The number of methoxy groups -OCH3 is 1. The Bertz CT molecular complexity index is 460. The quantitative estimate of drug-likeness (QED) is 0.820. The minimum Gasteiger partial charge on any atom is -0.383 e. The topological polar surface area (TPSA) is 48.3 Å². The van der Waals surface area contributed by atoms with Gasteiger partial charge >= 0.3 is 0 Å². The van der Waals surface area contributed by atoms with Crippen molar-refractivity contribution in [3.63, 3.8) is 0 Å².